The fourth-order valence-electron chi connectivity index (χ4n) is 1.55. The van der Waals surface area contributed by atoms with Gasteiger partial charge in [-0.2, -0.15) is 0 Å². The van der Waals surface area contributed by atoms with Crippen molar-refractivity contribution in [2.24, 2.45) is 0 Å². The fourth-order valence-corrected chi connectivity index (χ4v) is 2.07. The Balaban J connectivity index is 2.07. The predicted octanol–water partition coefficient (Wildman–Crippen LogP) is 4.31. The summed E-state index contributed by atoms with van der Waals surface area (Å²) in [5, 5.41) is 4.48. The van der Waals surface area contributed by atoms with Gasteiger partial charge in [0.2, 0.25) is 0 Å². The summed E-state index contributed by atoms with van der Waals surface area (Å²) in [6, 6.07) is 11.3. The Morgan fingerprint density at radius 1 is 1.12 bits per heavy atom. The lowest BCUT2D eigenvalue weighted by Crippen LogP contribution is -2.02. The van der Waals surface area contributed by atoms with E-state index in [0.29, 0.717) is 16.6 Å². The summed E-state index contributed by atoms with van der Waals surface area (Å²) in [7, 11) is 0. The zero-order chi connectivity index (χ0) is 12.3. The molecule has 2 nitrogen and oxygen atoms in total. The van der Waals surface area contributed by atoms with Gasteiger partial charge in [0, 0.05) is 21.4 Å². The van der Waals surface area contributed by atoms with Crippen LogP contribution in [0.1, 0.15) is 11.4 Å². The van der Waals surface area contributed by atoms with Crippen LogP contribution in [0.15, 0.2) is 36.4 Å². The standard InChI is InChI=1S/C13H12Cl2N2/c1-9-3-2-4-12(17-9)8-16-13-6-10(14)5-11(15)7-13/h2-7,16H,8H2,1H3. The molecule has 2 aromatic rings. The third-order valence-corrected chi connectivity index (χ3v) is 2.72. The van der Waals surface area contributed by atoms with Crippen LogP contribution in [-0.2, 0) is 6.54 Å². The van der Waals surface area contributed by atoms with E-state index >= 15 is 0 Å². The summed E-state index contributed by atoms with van der Waals surface area (Å²) in [6.45, 7) is 2.62. The van der Waals surface area contributed by atoms with Gasteiger partial charge in [-0.3, -0.25) is 4.98 Å². The van der Waals surface area contributed by atoms with Gasteiger partial charge < -0.3 is 5.32 Å². The summed E-state index contributed by atoms with van der Waals surface area (Å²) in [6.07, 6.45) is 0. The maximum atomic E-state index is 5.92. The van der Waals surface area contributed by atoms with Crippen LogP contribution in [0, 0.1) is 6.92 Å². The average Bonchev–Trinajstić information content (AvgIpc) is 2.25. The number of pyridine rings is 1. The van der Waals surface area contributed by atoms with E-state index in [1.807, 2.05) is 37.3 Å². The van der Waals surface area contributed by atoms with Gasteiger partial charge in [-0.15, -0.1) is 0 Å². The van der Waals surface area contributed by atoms with E-state index in [9.17, 15) is 0 Å². The van der Waals surface area contributed by atoms with Crippen LogP contribution in [0.5, 0.6) is 0 Å². The maximum absolute atomic E-state index is 5.92. The van der Waals surface area contributed by atoms with Crippen LogP contribution in [-0.4, -0.2) is 4.98 Å². The van der Waals surface area contributed by atoms with Crippen molar-refractivity contribution in [1.82, 2.24) is 4.98 Å². The molecule has 0 aliphatic rings. The molecular formula is C13H12Cl2N2. The largest absolute Gasteiger partial charge is 0.379 e. The van der Waals surface area contributed by atoms with Crippen LogP contribution in [0.25, 0.3) is 0 Å². The molecule has 4 heteroatoms. The Hall–Kier alpha value is -1.25. The summed E-state index contributed by atoms with van der Waals surface area (Å²) >= 11 is 11.8. The lowest BCUT2D eigenvalue weighted by molar-refractivity contribution is 1.02. The summed E-state index contributed by atoms with van der Waals surface area (Å²) in [5.74, 6) is 0. The first kappa shape index (κ1) is 12.2. The van der Waals surface area contributed by atoms with Crippen molar-refractivity contribution < 1.29 is 0 Å². The molecule has 0 spiro atoms. The van der Waals surface area contributed by atoms with Gasteiger partial charge in [0.15, 0.2) is 0 Å². The number of aromatic nitrogens is 1. The smallest absolute Gasteiger partial charge is 0.0597 e. The SMILES string of the molecule is Cc1cccc(CNc2cc(Cl)cc(Cl)c2)n1. The minimum atomic E-state index is 0.622. The van der Waals surface area contributed by atoms with Crippen LogP contribution in [0.3, 0.4) is 0 Å². The molecule has 0 saturated carbocycles. The van der Waals surface area contributed by atoms with Crippen LogP contribution < -0.4 is 5.32 Å². The Morgan fingerprint density at radius 3 is 2.47 bits per heavy atom. The van der Waals surface area contributed by atoms with Gasteiger partial charge in [0.05, 0.1) is 12.2 Å². The van der Waals surface area contributed by atoms with Gasteiger partial charge >= 0.3 is 0 Å². The van der Waals surface area contributed by atoms with Crippen molar-refractivity contribution in [3.63, 3.8) is 0 Å². The Labute approximate surface area is 111 Å². The number of hydrogen-bond acceptors (Lipinski definition) is 2. The molecule has 0 radical (unpaired) electrons. The van der Waals surface area contributed by atoms with Gasteiger partial charge in [-0.05, 0) is 37.3 Å². The van der Waals surface area contributed by atoms with Crippen molar-refractivity contribution >= 4 is 28.9 Å². The topological polar surface area (TPSA) is 24.9 Å². The molecule has 0 atom stereocenters. The van der Waals surface area contributed by atoms with Crippen molar-refractivity contribution in [3.05, 3.63) is 57.8 Å². The molecule has 1 aromatic heterocycles. The number of anilines is 1. The highest BCUT2D eigenvalue weighted by Crippen LogP contribution is 2.22. The van der Waals surface area contributed by atoms with E-state index in [4.69, 9.17) is 23.2 Å². The summed E-state index contributed by atoms with van der Waals surface area (Å²) in [5.41, 5.74) is 2.89. The Morgan fingerprint density at radius 2 is 1.82 bits per heavy atom. The number of halogens is 2. The molecule has 0 amide bonds. The van der Waals surface area contributed by atoms with Crippen molar-refractivity contribution in [2.75, 3.05) is 5.32 Å². The Bertz CT molecular complexity index is 506. The molecule has 0 bridgehead atoms. The first-order valence-corrected chi connectivity index (χ1v) is 6.01. The first-order valence-electron chi connectivity index (χ1n) is 5.26. The third kappa shape index (κ3) is 3.62. The second-order valence-electron chi connectivity index (χ2n) is 3.78. The van der Waals surface area contributed by atoms with Crippen molar-refractivity contribution in [3.8, 4) is 0 Å². The fraction of sp³-hybridized carbons (Fsp3) is 0.154. The summed E-state index contributed by atoms with van der Waals surface area (Å²) < 4.78 is 0. The van der Waals surface area contributed by atoms with E-state index in [2.05, 4.69) is 10.3 Å². The predicted molar refractivity (Wildman–Crippen MR) is 72.8 cm³/mol. The molecule has 0 saturated heterocycles. The van der Waals surface area contributed by atoms with E-state index in [-0.39, 0.29) is 0 Å². The number of nitrogens with zero attached hydrogens (tertiary/aromatic N) is 1. The number of nitrogens with one attached hydrogen (secondary N) is 1. The molecule has 0 aliphatic heterocycles. The highest BCUT2D eigenvalue weighted by molar-refractivity contribution is 6.35. The lowest BCUT2D eigenvalue weighted by Gasteiger charge is -2.07. The number of rotatable bonds is 3. The zero-order valence-electron chi connectivity index (χ0n) is 9.37. The van der Waals surface area contributed by atoms with Gasteiger partial charge in [0.25, 0.3) is 0 Å². The highest BCUT2D eigenvalue weighted by atomic mass is 35.5. The molecule has 0 fully saturated rings. The van der Waals surface area contributed by atoms with Gasteiger partial charge in [-0.1, -0.05) is 29.3 Å². The normalized spacial score (nSPS) is 10.3. The average molecular weight is 267 g/mol. The molecule has 1 aromatic carbocycles. The molecular weight excluding hydrogens is 255 g/mol. The monoisotopic (exact) mass is 266 g/mol. The quantitative estimate of drug-likeness (QED) is 0.896. The highest BCUT2D eigenvalue weighted by Gasteiger charge is 1.99. The van der Waals surface area contributed by atoms with Crippen molar-refractivity contribution in [2.45, 2.75) is 13.5 Å². The van der Waals surface area contributed by atoms with E-state index in [0.717, 1.165) is 17.1 Å². The molecule has 88 valence electrons. The van der Waals surface area contributed by atoms with E-state index < -0.39 is 0 Å². The van der Waals surface area contributed by atoms with Crippen LogP contribution >= 0.6 is 23.2 Å². The molecule has 2 rings (SSSR count). The second-order valence-corrected chi connectivity index (χ2v) is 4.65. The lowest BCUT2D eigenvalue weighted by atomic mass is 10.3. The molecule has 1 N–H and O–H groups in total. The molecule has 1 heterocycles. The minimum Gasteiger partial charge on any atom is -0.379 e. The third-order valence-electron chi connectivity index (χ3n) is 2.28. The minimum absolute atomic E-state index is 0.622. The maximum Gasteiger partial charge on any atom is 0.0597 e. The van der Waals surface area contributed by atoms with Crippen LogP contribution in [0.4, 0.5) is 5.69 Å². The molecule has 17 heavy (non-hydrogen) atoms. The van der Waals surface area contributed by atoms with Gasteiger partial charge in [0.1, 0.15) is 0 Å². The van der Waals surface area contributed by atoms with Crippen molar-refractivity contribution in [1.29, 1.82) is 0 Å². The summed E-state index contributed by atoms with van der Waals surface area (Å²) in [4.78, 5) is 4.40. The number of hydrogen-bond donors (Lipinski definition) is 1. The molecule has 0 aliphatic carbocycles. The van der Waals surface area contributed by atoms with Gasteiger partial charge in [-0.25, -0.2) is 0 Å². The van der Waals surface area contributed by atoms with E-state index in [1.54, 1.807) is 6.07 Å². The zero-order valence-corrected chi connectivity index (χ0v) is 10.9. The second kappa shape index (κ2) is 5.39. The number of benzene rings is 1. The Kier molecular flexibility index (Phi) is 3.87. The molecule has 0 unspecified atom stereocenters. The van der Waals surface area contributed by atoms with E-state index in [1.165, 1.54) is 0 Å². The first-order chi connectivity index (χ1) is 8.13. The number of aryl methyl sites for hydroxylation is 1. The van der Waals surface area contributed by atoms with Crippen LogP contribution in [0.2, 0.25) is 10.0 Å².